The Hall–Kier alpha value is -2.92. The van der Waals surface area contributed by atoms with Crippen molar-refractivity contribution in [2.45, 2.75) is 25.4 Å². The van der Waals surface area contributed by atoms with Gasteiger partial charge in [0, 0.05) is 24.3 Å². The number of fused-ring (bicyclic) bond motifs is 1. The summed E-state index contributed by atoms with van der Waals surface area (Å²) < 4.78 is 11.4. The van der Waals surface area contributed by atoms with Gasteiger partial charge < -0.3 is 9.47 Å². The zero-order valence-corrected chi connectivity index (χ0v) is 15.8. The first-order chi connectivity index (χ1) is 13.9. The fourth-order valence-electron chi connectivity index (χ4n) is 4.14. The van der Waals surface area contributed by atoms with Gasteiger partial charge in [0.1, 0.15) is 19.5 Å². The minimum atomic E-state index is 0.428. The van der Waals surface area contributed by atoms with Crippen LogP contribution in [0.4, 0.5) is 0 Å². The lowest BCUT2D eigenvalue weighted by molar-refractivity contribution is 0.170. The lowest BCUT2D eigenvalue weighted by Crippen LogP contribution is -2.23. The quantitative estimate of drug-likeness (QED) is 0.684. The first-order valence-electron chi connectivity index (χ1n) is 9.86. The van der Waals surface area contributed by atoms with Crippen molar-refractivity contribution in [3.05, 3.63) is 72.2 Å². The van der Waals surface area contributed by atoms with Crippen LogP contribution in [0, 0.1) is 0 Å². The summed E-state index contributed by atoms with van der Waals surface area (Å²) in [5.41, 5.74) is 4.72. The maximum Gasteiger partial charge on any atom is 0.161 e. The zero-order valence-electron chi connectivity index (χ0n) is 15.8. The van der Waals surface area contributed by atoms with Crippen LogP contribution in [0.25, 0.3) is 11.3 Å². The van der Waals surface area contributed by atoms with Gasteiger partial charge in [-0.1, -0.05) is 30.3 Å². The number of aromatic nitrogens is 2. The number of likely N-dealkylation sites (tertiary alicyclic amines) is 1. The average Bonchev–Trinajstić information content (AvgIpc) is 3.23. The third-order valence-corrected chi connectivity index (χ3v) is 5.53. The van der Waals surface area contributed by atoms with Gasteiger partial charge in [0.2, 0.25) is 0 Å². The minimum Gasteiger partial charge on any atom is -0.486 e. The lowest BCUT2D eigenvalue weighted by atomic mass is 10.0. The summed E-state index contributed by atoms with van der Waals surface area (Å²) >= 11 is 0. The second-order valence-corrected chi connectivity index (χ2v) is 7.32. The van der Waals surface area contributed by atoms with E-state index in [0.717, 1.165) is 35.8 Å². The van der Waals surface area contributed by atoms with Crippen molar-refractivity contribution in [1.29, 1.82) is 0 Å². The van der Waals surface area contributed by atoms with E-state index in [2.05, 4.69) is 57.3 Å². The summed E-state index contributed by atoms with van der Waals surface area (Å²) in [5, 5.41) is 0. The Bertz CT molecular complexity index is 944. The molecule has 2 aromatic carbocycles. The van der Waals surface area contributed by atoms with E-state index in [1.807, 2.05) is 6.07 Å². The molecule has 1 aromatic heterocycles. The Balaban J connectivity index is 1.32. The van der Waals surface area contributed by atoms with Crippen LogP contribution in [0.3, 0.4) is 0 Å². The summed E-state index contributed by atoms with van der Waals surface area (Å²) in [6.07, 6.45) is 5.76. The summed E-state index contributed by atoms with van der Waals surface area (Å²) in [6, 6.07) is 17.5. The Labute approximate surface area is 165 Å². The molecule has 142 valence electrons. The number of rotatable bonds is 4. The van der Waals surface area contributed by atoms with Gasteiger partial charge in [-0.15, -0.1) is 0 Å². The van der Waals surface area contributed by atoms with Crippen LogP contribution in [0.2, 0.25) is 0 Å². The van der Waals surface area contributed by atoms with E-state index in [9.17, 15) is 0 Å². The molecule has 1 fully saturated rings. The van der Waals surface area contributed by atoms with E-state index >= 15 is 0 Å². The molecule has 2 aliphatic heterocycles. The standard InChI is InChI=1S/C23H23N3O2/c1-2-21(19-7-8-22-23(14-19)28-13-12-27-22)26(11-1)15-17-3-5-18(6-4-17)20-9-10-24-16-25-20/h3-10,14,16,21H,1-2,11-13,15H2/t21-/m1/s1. The largest absolute Gasteiger partial charge is 0.486 e. The molecule has 5 nitrogen and oxygen atoms in total. The molecule has 0 saturated carbocycles. The van der Waals surface area contributed by atoms with Crippen molar-refractivity contribution in [2.24, 2.45) is 0 Å². The maximum atomic E-state index is 5.78. The Morgan fingerprint density at radius 2 is 1.82 bits per heavy atom. The van der Waals surface area contributed by atoms with Crippen molar-refractivity contribution in [3.63, 3.8) is 0 Å². The highest BCUT2D eigenvalue weighted by atomic mass is 16.6. The van der Waals surface area contributed by atoms with Gasteiger partial charge in [0.05, 0.1) is 5.69 Å². The van der Waals surface area contributed by atoms with Crippen molar-refractivity contribution < 1.29 is 9.47 Å². The molecule has 5 heteroatoms. The molecule has 0 unspecified atom stereocenters. The number of hydrogen-bond donors (Lipinski definition) is 0. The monoisotopic (exact) mass is 373 g/mol. The van der Waals surface area contributed by atoms with Crippen LogP contribution in [-0.2, 0) is 6.54 Å². The van der Waals surface area contributed by atoms with E-state index in [1.165, 1.54) is 24.0 Å². The van der Waals surface area contributed by atoms with Crippen molar-refractivity contribution in [1.82, 2.24) is 14.9 Å². The first-order valence-corrected chi connectivity index (χ1v) is 9.86. The molecule has 28 heavy (non-hydrogen) atoms. The van der Waals surface area contributed by atoms with E-state index in [1.54, 1.807) is 12.5 Å². The summed E-state index contributed by atoms with van der Waals surface area (Å²) in [5.74, 6) is 1.74. The molecular formula is C23H23N3O2. The van der Waals surface area contributed by atoms with Crippen LogP contribution in [0.15, 0.2) is 61.1 Å². The summed E-state index contributed by atoms with van der Waals surface area (Å²) in [7, 11) is 0. The first kappa shape index (κ1) is 17.2. The van der Waals surface area contributed by atoms with Crippen molar-refractivity contribution in [3.8, 4) is 22.8 Å². The Morgan fingerprint density at radius 3 is 2.64 bits per heavy atom. The van der Waals surface area contributed by atoms with Crippen LogP contribution in [0.5, 0.6) is 11.5 Å². The SMILES string of the molecule is c1cc(-c2ccc(CN3CCC[C@@H]3c3ccc4c(c3)OCCO4)cc2)ncn1. The van der Waals surface area contributed by atoms with E-state index in [4.69, 9.17) is 9.47 Å². The molecule has 3 heterocycles. The summed E-state index contributed by atoms with van der Waals surface area (Å²) in [6.45, 7) is 3.33. The van der Waals surface area contributed by atoms with Crippen LogP contribution in [0.1, 0.15) is 30.0 Å². The maximum absolute atomic E-state index is 5.78. The van der Waals surface area contributed by atoms with Gasteiger partial charge in [0.25, 0.3) is 0 Å². The fourth-order valence-corrected chi connectivity index (χ4v) is 4.14. The topological polar surface area (TPSA) is 47.5 Å². The molecule has 1 saturated heterocycles. The lowest BCUT2D eigenvalue weighted by Gasteiger charge is -2.26. The highest BCUT2D eigenvalue weighted by Crippen LogP contribution is 2.38. The smallest absolute Gasteiger partial charge is 0.161 e. The predicted molar refractivity (Wildman–Crippen MR) is 107 cm³/mol. The van der Waals surface area contributed by atoms with Crippen LogP contribution < -0.4 is 9.47 Å². The highest BCUT2D eigenvalue weighted by molar-refractivity contribution is 5.58. The third-order valence-electron chi connectivity index (χ3n) is 5.53. The fraction of sp³-hybridized carbons (Fsp3) is 0.304. The number of benzene rings is 2. The normalized spacial score (nSPS) is 18.9. The minimum absolute atomic E-state index is 0.428. The Kier molecular flexibility index (Phi) is 4.67. The van der Waals surface area contributed by atoms with Crippen LogP contribution >= 0.6 is 0 Å². The second kappa shape index (κ2) is 7.60. The van der Waals surface area contributed by atoms with E-state index < -0.39 is 0 Å². The van der Waals surface area contributed by atoms with Gasteiger partial charge in [0.15, 0.2) is 11.5 Å². The predicted octanol–water partition coefficient (Wildman–Crippen LogP) is 4.25. The molecule has 0 bridgehead atoms. The molecular weight excluding hydrogens is 350 g/mol. The van der Waals surface area contributed by atoms with Crippen molar-refractivity contribution >= 4 is 0 Å². The Morgan fingerprint density at radius 1 is 0.964 bits per heavy atom. The zero-order chi connectivity index (χ0) is 18.8. The molecule has 3 aromatic rings. The number of hydrogen-bond acceptors (Lipinski definition) is 5. The third kappa shape index (κ3) is 3.45. The number of ether oxygens (including phenoxy) is 2. The molecule has 2 aliphatic rings. The van der Waals surface area contributed by atoms with E-state index in [-0.39, 0.29) is 0 Å². The number of nitrogens with zero attached hydrogens (tertiary/aromatic N) is 3. The molecule has 0 aliphatic carbocycles. The van der Waals surface area contributed by atoms with Crippen LogP contribution in [-0.4, -0.2) is 34.6 Å². The molecule has 1 atom stereocenters. The van der Waals surface area contributed by atoms with Crippen molar-refractivity contribution in [2.75, 3.05) is 19.8 Å². The van der Waals surface area contributed by atoms with Gasteiger partial charge in [-0.2, -0.15) is 0 Å². The van der Waals surface area contributed by atoms with E-state index in [0.29, 0.717) is 19.3 Å². The van der Waals surface area contributed by atoms with Gasteiger partial charge in [-0.05, 0) is 48.7 Å². The van der Waals surface area contributed by atoms with Gasteiger partial charge in [-0.3, -0.25) is 4.90 Å². The molecule has 0 radical (unpaired) electrons. The average molecular weight is 373 g/mol. The summed E-state index contributed by atoms with van der Waals surface area (Å²) in [4.78, 5) is 10.9. The molecule has 0 amide bonds. The highest BCUT2D eigenvalue weighted by Gasteiger charge is 2.27. The van der Waals surface area contributed by atoms with Gasteiger partial charge >= 0.3 is 0 Å². The van der Waals surface area contributed by atoms with Gasteiger partial charge in [-0.25, -0.2) is 9.97 Å². The molecule has 5 rings (SSSR count). The second-order valence-electron chi connectivity index (χ2n) is 7.32. The molecule has 0 spiro atoms. The molecule has 0 N–H and O–H groups in total.